The number of amides is 1. The molecule has 1 N–H and O–H groups in total. The molecule has 0 aromatic heterocycles. The number of halogens is 1. The van der Waals surface area contributed by atoms with Crippen molar-refractivity contribution in [1.82, 2.24) is 5.32 Å². The Balaban J connectivity index is 3.91. The van der Waals surface area contributed by atoms with Crippen LogP contribution in [0.3, 0.4) is 0 Å². The fourth-order valence-corrected chi connectivity index (χ4v) is 1.96. The van der Waals surface area contributed by atoms with Crippen LogP contribution in [0.2, 0.25) is 0 Å². The van der Waals surface area contributed by atoms with Gasteiger partial charge in [-0.1, -0.05) is 15.9 Å². The van der Waals surface area contributed by atoms with E-state index in [4.69, 9.17) is 0 Å². The number of sulfone groups is 1. The normalized spacial score (nSPS) is 13.9. The van der Waals surface area contributed by atoms with Crippen molar-refractivity contribution in [1.29, 1.82) is 0 Å². The molecule has 0 aliphatic carbocycles. The Morgan fingerprint density at radius 1 is 1.58 bits per heavy atom. The van der Waals surface area contributed by atoms with Crippen LogP contribution in [0.5, 0.6) is 0 Å². The third-order valence-electron chi connectivity index (χ3n) is 1.08. The first-order valence-corrected chi connectivity index (χ1v) is 6.56. The van der Waals surface area contributed by atoms with Gasteiger partial charge in [-0.2, -0.15) is 0 Å². The molecule has 6 heteroatoms. The van der Waals surface area contributed by atoms with E-state index in [-0.39, 0.29) is 23.0 Å². The number of hydrogen-bond donors (Lipinski definition) is 1. The zero-order chi connectivity index (χ0) is 9.78. The molecule has 0 aliphatic heterocycles. The molecule has 4 nitrogen and oxygen atoms in total. The molecule has 12 heavy (non-hydrogen) atoms. The van der Waals surface area contributed by atoms with E-state index >= 15 is 0 Å². The van der Waals surface area contributed by atoms with Crippen LogP contribution >= 0.6 is 15.9 Å². The summed E-state index contributed by atoms with van der Waals surface area (Å²) < 4.78 is 21.5. The van der Waals surface area contributed by atoms with E-state index in [9.17, 15) is 13.2 Å². The van der Waals surface area contributed by atoms with E-state index in [2.05, 4.69) is 21.2 Å². The van der Waals surface area contributed by atoms with Crippen molar-refractivity contribution in [2.45, 2.75) is 13.0 Å². The van der Waals surface area contributed by atoms with E-state index in [0.717, 1.165) is 6.26 Å². The number of rotatable bonds is 4. The molecule has 1 amide bonds. The lowest BCUT2D eigenvalue weighted by Crippen LogP contribution is -2.37. The standard InChI is InChI=1S/C6H12BrNO3S/c1-5(4-12(2,10)11)8-6(9)3-7/h5H,3-4H2,1-2H3,(H,8,9). The lowest BCUT2D eigenvalue weighted by atomic mass is 10.4. The summed E-state index contributed by atoms with van der Waals surface area (Å²) in [6.07, 6.45) is 1.14. The number of nitrogens with one attached hydrogen (secondary N) is 1. The van der Waals surface area contributed by atoms with Gasteiger partial charge in [0.2, 0.25) is 5.91 Å². The molecule has 72 valence electrons. The summed E-state index contributed by atoms with van der Waals surface area (Å²) in [5.74, 6) is -0.225. The summed E-state index contributed by atoms with van der Waals surface area (Å²) in [6.45, 7) is 1.65. The van der Waals surface area contributed by atoms with Crippen LogP contribution in [-0.4, -0.2) is 37.7 Å². The summed E-state index contributed by atoms with van der Waals surface area (Å²) in [5, 5.41) is 2.72. The highest BCUT2D eigenvalue weighted by Gasteiger charge is 2.11. The second-order valence-electron chi connectivity index (χ2n) is 2.69. The lowest BCUT2D eigenvalue weighted by Gasteiger charge is -2.10. The van der Waals surface area contributed by atoms with Crippen LogP contribution in [0.1, 0.15) is 6.92 Å². The molecule has 0 aromatic rings. The van der Waals surface area contributed by atoms with Crippen LogP contribution in [0.4, 0.5) is 0 Å². The number of carbonyl (C=O) groups excluding carboxylic acids is 1. The molecule has 0 heterocycles. The average molecular weight is 258 g/mol. The average Bonchev–Trinajstić information content (AvgIpc) is 1.82. The second kappa shape index (κ2) is 4.81. The monoisotopic (exact) mass is 257 g/mol. The Morgan fingerprint density at radius 2 is 2.08 bits per heavy atom. The first-order valence-electron chi connectivity index (χ1n) is 3.38. The minimum absolute atomic E-state index is 0.0221. The minimum Gasteiger partial charge on any atom is -0.352 e. The highest BCUT2D eigenvalue weighted by molar-refractivity contribution is 9.09. The summed E-state index contributed by atoms with van der Waals surface area (Å²) in [6, 6.07) is -0.329. The first kappa shape index (κ1) is 11.9. The topological polar surface area (TPSA) is 63.2 Å². The highest BCUT2D eigenvalue weighted by atomic mass is 79.9. The van der Waals surface area contributed by atoms with Gasteiger partial charge in [0.25, 0.3) is 0 Å². The van der Waals surface area contributed by atoms with Crippen LogP contribution in [0.25, 0.3) is 0 Å². The first-order chi connectivity index (χ1) is 5.35. The van der Waals surface area contributed by atoms with Crippen molar-refractivity contribution < 1.29 is 13.2 Å². The third kappa shape index (κ3) is 6.60. The summed E-state index contributed by atoms with van der Waals surface area (Å²) in [5.41, 5.74) is 0. The molecular formula is C6H12BrNO3S. The molecule has 1 unspecified atom stereocenters. The van der Waals surface area contributed by atoms with Crippen molar-refractivity contribution in [2.75, 3.05) is 17.3 Å². The SMILES string of the molecule is CC(CS(C)(=O)=O)NC(=O)CBr. The summed E-state index contributed by atoms with van der Waals surface area (Å²) in [4.78, 5) is 10.8. The number of hydrogen-bond acceptors (Lipinski definition) is 3. The second-order valence-corrected chi connectivity index (χ2v) is 5.44. The maximum Gasteiger partial charge on any atom is 0.230 e. The van der Waals surface area contributed by atoms with Crippen molar-refractivity contribution in [3.05, 3.63) is 0 Å². The summed E-state index contributed by atoms with van der Waals surface area (Å²) in [7, 11) is -3.01. The Bertz CT molecular complexity index is 250. The van der Waals surface area contributed by atoms with E-state index in [1.165, 1.54) is 0 Å². The van der Waals surface area contributed by atoms with E-state index < -0.39 is 9.84 Å². The molecule has 0 saturated heterocycles. The highest BCUT2D eigenvalue weighted by Crippen LogP contribution is 1.90. The maximum absolute atomic E-state index is 10.8. The lowest BCUT2D eigenvalue weighted by molar-refractivity contribution is -0.118. The van der Waals surface area contributed by atoms with Crippen LogP contribution in [-0.2, 0) is 14.6 Å². The smallest absolute Gasteiger partial charge is 0.230 e. The van der Waals surface area contributed by atoms with Crippen molar-refractivity contribution >= 4 is 31.7 Å². The predicted molar refractivity (Wildman–Crippen MR) is 51.1 cm³/mol. The molecule has 0 aromatic carbocycles. The van der Waals surface area contributed by atoms with Gasteiger partial charge < -0.3 is 5.32 Å². The molecule has 1 atom stereocenters. The number of carbonyl (C=O) groups is 1. The van der Waals surface area contributed by atoms with E-state index in [1.807, 2.05) is 0 Å². The van der Waals surface area contributed by atoms with Crippen LogP contribution in [0.15, 0.2) is 0 Å². The quantitative estimate of drug-likeness (QED) is 0.718. The van der Waals surface area contributed by atoms with Gasteiger partial charge in [0, 0.05) is 12.3 Å². The third-order valence-corrected chi connectivity index (χ3v) is 2.70. The van der Waals surface area contributed by atoms with Crippen LogP contribution in [0, 0.1) is 0 Å². The summed E-state index contributed by atoms with van der Waals surface area (Å²) >= 11 is 2.96. The van der Waals surface area contributed by atoms with Gasteiger partial charge in [-0.05, 0) is 6.92 Å². The van der Waals surface area contributed by atoms with E-state index in [1.54, 1.807) is 6.92 Å². The van der Waals surface area contributed by atoms with Crippen molar-refractivity contribution in [2.24, 2.45) is 0 Å². The Morgan fingerprint density at radius 3 is 2.42 bits per heavy atom. The van der Waals surface area contributed by atoms with Gasteiger partial charge in [0.05, 0.1) is 11.1 Å². The Kier molecular flexibility index (Phi) is 4.77. The molecule has 0 rings (SSSR count). The fraction of sp³-hybridized carbons (Fsp3) is 0.833. The molecule has 0 spiro atoms. The largest absolute Gasteiger partial charge is 0.352 e. The van der Waals surface area contributed by atoms with Gasteiger partial charge in [-0.3, -0.25) is 4.79 Å². The molecule has 0 radical (unpaired) electrons. The Hall–Kier alpha value is -0.100. The molecule has 0 saturated carbocycles. The van der Waals surface area contributed by atoms with Gasteiger partial charge in [-0.25, -0.2) is 8.42 Å². The van der Waals surface area contributed by atoms with Gasteiger partial charge in [0.1, 0.15) is 9.84 Å². The number of alkyl halides is 1. The minimum atomic E-state index is -3.01. The molecule has 0 fully saturated rings. The molecule has 0 bridgehead atoms. The zero-order valence-corrected chi connectivity index (χ0v) is 9.41. The molecule has 0 aliphatic rings. The molecular weight excluding hydrogens is 246 g/mol. The van der Waals surface area contributed by atoms with Crippen molar-refractivity contribution in [3.63, 3.8) is 0 Å². The predicted octanol–water partition coefficient (Wildman–Crippen LogP) is -0.0694. The van der Waals surface area contributed by atoms with E-state index in [0.29, 0.717) is 0 Å². The van der Waals surface area contributed by atoms with Crippen molar-refractivity contribution in [3.8, 4) is 0 Å². The zero-order valence-electron chi connectivity index (χ0n) is 7.00. The Labute approximate surface area is 80.8 Å². The fourth-order valence-electron chi connectivity index (χ4n) is 0.809. The van der Waals surface area contributed by atoms with Gasteiger partial charge in [0.15, 0.2) is 0 Å². The maximum atomic E-state index is 10.8. The van der Waals surface area contributed by atoms with Gasteiger partial charge in [-0.15, -0.1) is 0 Å². The van der Waals surface area contributed by atoms with Gasteiger partial charge >= 0.3 is 0 Å². The van der Waals surface area contributed by atoms with Crippen LogP contribution < -0.4 is 5.32 Å².